The maximum Gasteiger partial charge on any atom is 0.341 e. The minimum Gasteiger partial charge on any atom is -0.465 e. The van der Waals surface area contributed by atoms with Crippen LogP contribution in [0.4, 0.5) is 15.1 Å². The normalized spacial score (nSPS) is 13.8. The van der Waals surface area contributed by atoms with Crippen LogP contribution in [0.25, 0.3) is 6.08 Å². The molecule has 1 heterocycles. The Morgan fingerprint density at radius 3 is 2.40 bits per heavy atom. The zero-order chi connectivity index (χ0) is 36.6. The maximum absolute atomic E-state index is 14.7. The highest BCUT2D eigenvalue weighted by Crippen LogP contribution is 2.43. The lowest BCUT2D eigenvalue weighted by Crippen LogP contribution is -2.30. The lowest BCUT2D eigenvalue weighted by Gasteiger charge is -2.22. The highest BCUT2D eigenvalue weighted by atomic mass is 35.5. The van der Waals surface area contributed by atoms with Crippen molar-refractivity contribution >= 4 is 75.2 Å². The Hall–Kier alpha value is -5.23. The minimum atomic E-state index is -0.713. The van der Waals surface area contributed by atoms with Gasteiger partial charge in [-0.15, -0.1) is 23.1 Å². The van der Waals surface area contributed by atoms with Crippen LogP contribution in [-0.2, 0) is 27.2 Å². The molecule has 1 atom stereocenters. The average Bonchev–Trinajstić information content (AvgIpc) is 3.52. The van der Waals surface area contributed by atoms with E-state index >= 15 is 0 Å². The lowest BCUT2D eigenvalue weighted by atomic mass is 9.83. The van der Waals surface area contributed by atoms with Gasteiger partial charge in [0.1, 0.15) is 16.5 Å². The number of nitrogens with one attached hydrogen (secondary N) is 3. The van der Waals surface area contributed by atoms with Crippen LogP contribution in [-0.4, -0.2) is 36.6 Å². The van der Waals surface area contributed by atoms with Crippen LogP contribution < -0.4 is 16.0 Å². The fourth-order valence-electron chi connectivity index (χ4n) is 5.91. The van der Waals surface area contributed by atoms with Gasteiger partial charge in [0.25, 0.3) is 11.8 Å². The number of carbonyl (C=O) groups is 4. The van der Waals surface area contributed by atoms with Crippen molar-refractivity contribution in [3.8, 4) is 0 Å². The standard InChI is InChI=1S/C40H33ClFN3O5S2/c1-50-40(49)36-29-19-18-26(24-10-4-2-5-11-24)20-34(29)52-39(36)45-35(46)23-51-28-15-8-14-27(21-28)43-38(48)33(22-30-31(41)16-9-17-32(30)42)44-37(47)25-12-6-3-7-13-25/h2-17,21-22,26H,18-20,23H2,1H3,(H,43,48)(H,44,47)(H,45,46)/b33-22+. The third-order valence-electron chi connectivity index (χ3n) is 8.46. The number of carbonyl (C=O) groups excluding carboxylic acids is 4. The molecule has 8 nitrogen and oxygen atoms in total. The van der Waals surface area contributed by atoms with Gasteiger partial charge in [0.05, 0.1) is 23.4 Å². The van der Waals surface area contributed by atoms with Gasteiger partial charge in [-0.3, -0.25) is 14.4 Å². The molecule has 1 aliphatic rings. The molecule has 5 aromatic rings. The summed E-state index contributed by atoms with van der Waals surface area (Å²) in [7, 11) is 1.33. The molecule has 0 saturated heterocycles. The first-order chi connectivity index (χ1) is 25.2. The molecule has 0 aliphatic heterocycles. The maximum atomic E-state index is 14.7. The zero-order valence-electron chi connectivity index (χ0n) is 27.9. The molecule has 4 aromatic carbocycles. The Morgan fingerprint density at radius 2 is 1.67 bits per heavy atom. The highest BCUT2D eigenvalue weighted by Gasteiger charge is 2.30. The number of thioether (sulfide) groups is 1. The monoisotopic (exact) mass is 753 g/mol. The Kier molecular flexibility index (Phi) is 11.9. The average molecular weight is 754 g/mol. The number of benzene rings is 4. The summed E-state index contributed by atoms with van der Waals surface area (Å²) in [6.45, 7) is 0. The summed E-state index contributed by atoms with van der Waals surface area (Å²) in [5, 5.41) is 8.79. The molecular formula is C40H33ClFN3O5S2. The van der Waals surface area contributed by atoms with Crippen LogP contribution in [0, 0.1) is 5.82 Å². The predicted octanol–water partition coefficient (Wildman–Crippen LogP) is 8.74. The molecule has 3 N–H and O–H groups in total. The van der Waals surface area contributed by atoms with Crippen LogP contribution in [0.15, 0.2) is 114 Å². The first kappa shape index (κ1) is 36.6. The molecule has 264 valence electrons. The van der Waals surface area contributed by atoms with Crippen LogP contribution in [0.5, 0.6) is 0 Å². The molecule has 0 spiro atoms. The van der Waals surface area contributed by atoms with Gasteiger partial charge in [-0.25, -0.2) is 9.18 Å². The highest BCUT2D eigenvalue weighted by molar-refractivity contribution is 8.00. The number of anilines is 2. The van der Waals surface area contributed by atoms with E-state index < -0.39 is 23.6 Å². The second kappa shape index (κ2) is 16.9. The van der Waals surface area contributed by atoms with Crippen LogP contribution in [0.2, 0.25) is 5.02 Å². The van der Waals surface area contributed by atoms with Gasteiger partial charge in [-0.05, 0) is 84.8 Å². The summed E-state index contributed by atoms with van der Waals surface area (Å²) < 4.78 is 19.8. The number of thiophene rings is 1. The SMILES string of the molecule is COC(=O)c1c(NC(=O)CSc2cccc(NC(=O)/C(=C\c3c(F)cccc3Cl)NC(=O)c3ccccc3)c2)sc2c1CCC(c1ccccc1)C2. The fraction of sp³-hybridized carbons (Fsp3) is 0.150. The molecule has 1 aromatic heterocycles. The first-order valence-electron chi connectivity index (χ1n) is 16.3. The molecule has 0 fully saturated rings. The van der Waals surface area contributed by atoms with Crippen molar-refractivity contribution in [3.63, 3.8) is 0 Å². The number of fused-ring (bicyclic) bond motifs is 1. The van der Waals surface area contributed by atoms with E-state index in [9.17, 15) is 23.6 Å². The molecule has 1 unspecified atom stereocenters. The number of hydrogen-bond donors (Lipinski definition) is 3. The summed E-state index contributed by atoms with van der Waals surface area (Å²) in [4.78, 5) is 54.3. The van der Waals surface area contributed by atoms with Crippen molar-refractivity contribution in [3.05, 3.63) is 152 Å². The summed E-state index contributed by atoms with van der Waals surface area (Å²) in [5.74, 6) is -2.38. The summed E-state index contributed by atoms with van der Waals surface area (Å²) in [6, 6.07) is 29.5. The predicted molar refractivity (Wildman–Crippen MR) is 205 cm³/mol. The number of hydrogen-bond acceptors (Lipinski definition) is 7. The molecule has 12 heteroatoms. The van der Waals surface area contributed by atoms with E-state index in [-0.39, 0.29) is 27.9 Å². The Morgan fingerprint density at radius 1 is 0.942 bits per heavy atom. The van der Waals surface area contributed by atoms with Crippen molar-refractivity contribution in [2.75, 3.05) is 23.5 Å². The van der Waals surface area contributed by atoms with Gasteiger partial charge in [0.15, 0.2) is 0 Å². The van der Waals surface area contributed by atoms with Crippen molar-refractivity contribution < 1.29 is 28.3 Å². The van der Waals surface area contributed by atoms with Crippen molar-refractivity contribution in [2.45, 2.75) is 30.1 Å². The number of esters is 1. The smallest absolute Gasteiger partial charge is 0.341 e. The van der Waals surface area contributed by atoms with Crippen molar-refractivity contribution in [1.29, 1.82) is 0 Å². The number of rotatable bonds is 11. The third kappa shape index (κ3) is 8.79. The fourth-order valence-corrected chi connectivity index (χ4v) is 8.21. The van der Waals surface area contributed by atoms with Crippen LogP contribution in [0.3, 0.4) is 0 Å². The van der Waals surface area contributed by atoms with Crippen LogP contribution in [0.1, 0.15) is 54.6 Å². The second-order valence-electron chi connectivity index (χ2n) is 11.9. The Labute approximate surface area is 313 Å². The molecule has 1 aliphatic carbocycles. The van der Waals surface area contributed by atoms with Gasteiger partial charge in [0, 0.05) is 26.6 Å². The number of halogens is 2. The molecule has 0 bridgehead atoms. The molecule has 0 radical (unpaired) electrons. The van der Waals surface area contributed by atoms with Gasteiger partial charge >= 0.3 is 5.97 Å². The van der Waals surface area contributed by atoms with Gasteiger partial charge in [-0.1, -0.05) is 72.3 Å². The van der Waals surface area contributed by atoms with E-state index in [4.69, 9.17) is 16.3 Å². The summed E-state index contributed by atoms with van der Waals surface area (Å²) in [5.41, 5.74) is 2.99. The van der Waals surface area contributed by atoms with E-state index in [0.29, 0.717) is 39.0 Å². The Bertz CT molecular complexity index is 2140. The van der Waals surface area contributed by atoms with E-state index in [1.165, 1.54) is 60.0 Å². The topological polar surface area (TPSA) is 114 Å². The van der Waals surface area contributed by atoms with Gasteiger partial charge in [-0.2, -0.15) is 0 Å². The largest absolute Gasteiger partial charge is 0.465 e. The quantitative estimate of drug-likeness (QED) is 0.0707. The van der Waals surface area contributed by atoms with Crippen molar-refractivity contribution in [2.24, 2.45) is 0 Å². The molecule has 0 saturated carbocycles. The molecule has 52 heavy (non-hydrogen) atoms. The molecular weight excluding hydrogens is 721 g/mol. The van der Waals surface area contributed by atoms with E-state index in [1.807, 2.05) is 18.2 Å². The van der Waals surface area contributed by atoms with E-state index in [2.05, 4.69) is 28.1 Å². The molecule has 6 rings (SSSR count). The summed E-state index contributed by atoms with van der Waals surface area (Å²) in [6.07, 6.45) is 3.56. The number of methoxy groups -OCH3 is 1. The number of amides is 3. The second-order valence-corrected chi connectivity index (χ2v) is 14.4. The zero-order valence-corrected chi connectivity index (χ0v) is 30.3. The van der Waals surface area contributed by atoms with E-state index in [0.717, 1.165) is 23.3 Å². The van der Waals surface area contributed by atoms with Crippen molar-refractivity contribution in [1.82, 2.24) is 5.32 Å². The first-order valence-corrected chi connectivity index (χ1v) is 18.5. The minimum absolute atomic E-state index is 0.0251. The third-order valence-corrected chi connectivity index (χ3v) is 11.0. The van der Waals surface area contributed by atoms with Crippen LogP contribution >= 0.6 is 34.7 Å². The lowest BCUT2D eigenvalue weighted by molar-refractivity contribution is -0.114. The van der Waals surface area contributed by atoms with Gasteiger partial charge < -0.3 is 20.7 Å². The molecule has 3 amide bonds. The summed E-state index contributed by atoms with van der Waals surface area (Å²) >= 11 is 8.88. The number of ether oxygens (including phenoxy) is 1. The van der Waals surface area contributed by atoms with E-state index in [1.54, 1.807) is 54.6 Å². The van der Waals surface area contributed by atoms with Gasteiger partial charge in [0.2, 0.25) is 5.91 Å². The Balaban J connectivity index is 1.14.